The van der Waals surface area contributed by atoms with E-state index < -0.39 is 5.82 Å². The lowest BCUT2D eigenvalue weighted by Gasteiger charge is -2.14. The molecule has 218 valence electrons. The average molecular weight is 551 g/mol. The third-order valence-electron chi connectivity index (χ3n) is 5.56. The van der Waals surface area contributed by atoms with Gasteiger partial charge in [-0.25, -0.2) is 9.38 Å². The highest BCUT2D eigenvalue weighted by atomic mass is 19.1. The van der Waals surface area contributed by atoms with Crippen LogP contribution in [0.4, 0.5) is 15.8 Å². The maximum atomic E-state index is 14.1. The molecule has 0 radical (unpaired) electrons. The summed E-state index contributed by atoms with van der Waals surface area (Å²) in [6, 6.07) is 9.23. The molecule has 2 N–H and O–H groups in total. The van der Waals surface area contributed by atoms with Crippen molar-refractivity contribution < 1.29 is 9.13 Å². The van der Waals surface area contributed by atoms with E-state index in [1.165, 1.54) is 25.1 Å². The molecule has 0 aliphatic carbocycles. The highest BCUT2D eigenvalue weighted by Gasteiger charge is 2.14. The van der Waals surface area contributed by atoms with Gasteiger partial charge in [0.05, 0.1) is 29.0 Å². The molecule has 7 nitrogen and oxygen atoms in total. The molecule has 8 heteroatoms. The van der Waals surface area contributed by atoms with E-state index in [9.17, 15) is 4.39 Å². The number of hydrogen-bond donors (Lipinski definition) is 2. The zero-order valence-electron chi connectivity index (χ0n) is 25.1. The van der Waals surface area contributed by atoms with Crippen LogP contribution in [0, 0.1) is 5.82 Å². The Bertz CT molecular complexity index is 1190. The van der Waals surface area contributed by atoms with E-state index in [1.807, 2.05) is 76.0 Å². The number of pyridine rings is 2. The molecule has 3 heterocycles. The van der Waals surface area contributed by atoms with Crippen LogP contribution in [-0.2, 0) is 18.2 Å². The van der Waals surface area contributed by atoms with E-state index in [2.05, 4.69) is 45.7 Å². The van der Waals surface area contributed by atoms with Crippen molar-refractivity contribution in [3.05, 3.63) is 91.1 Å². The lowest BCUT2D eigenvalue weighted by molar-refractivity contribution is 0.131. The number of nitrogens with zero attached hydrogens (tertiary/aromatic N) is 4. The molecule has 3 aromatic rings. The summed E-state index contributed by atoms with van der Waals surface area (Å²) in [6.07, 6.45) is 12.0. The Morgan fingerprint density at radius 3 is 2.58 bits per heavy atom. The smallest absolute Gasteiger partial charge is 0.167 e. The second-order valence-corrected chi connectivity index (χ2v) is 8.63. The van der Waals surface area contributed by atoms with Crippen LogP contribution in [0.5, 0.6) is 0 Å². The van der Waals surface area contributed by atoms with Crippen molar-refractivity contribution >= 4 is 22.9 Å². The van der Waals surface area contributed by atoms with Gasteiger partial charge >= 0.3 is 0 Å². The van der Waals surface area contributed by atoms with Gasteiger partial charge < -0.3 is 19.9 Å². The lowest BCUT2D eigenvalue weighted by atomic mass is 10.2. The topological polar surface area (TPSA) is 76.4 Å². The maximum Gasteiger partial charge on any atom is 0.167 e. The molecule has 0 spiro atoms. The predicted octanol–water partition coefficient (Wildman–Crippen LogP) is 7.69. The van der Waals surface area contributed by atoms with E-state index in [-0.39, 0.29) is 5.69 Å². The number of hydrogen-bond acceptors (Lipinski definition) is 5. The molecule has 3 rings (SSSR count). The van der Waals surface area contributed by atoms with Gasteiger partial charge in [-0.2, -0.15) is 0 Å². The van der Waals surface area contributed by atoms with Crippen molar-refractivity contribution in [2.24, 2.45) is 12.0 Å². The molecule has 0 saturated carbocycles. The zero-order valence-corrected chi connectivity index (χ0v) is 25.1. The van der Waals surface area contributed by atoms with Crippen LogP contribution in [0.1, 0.15) is 70.5 Å². The second-order valence-electron chi connectivity index (χ2n) is 8.63. The molecule has 0 bridgehead atoms. The van der Waals surface area contributed by atoms with Crippen molar-refractivity contribution in [2.45, 2.75) is 59.8 Å². The van der Waals surface area contributed by atoms with Gasteiger partial charge in [0.25, 0.3) is 0 Å². The SMILES string of the molecule is C=C(NC(=Nc1ccncc1F)c1cc(NC)cn1C)c1cccc(CC)n1.C=CCCCCOCCC.CC. The molecule has 0 unspecified atom stereocenters. The van der Waals surface area contributed by atoms with E-state index >= 15 is 0 Å². The predicted molar refractivity (Wildman–Crippen MR) is 168 cm³/mol. The number of unbranched alkanes of at least 4 members (excludes halogenated alkanes) is 2. The maximum absolute atomic E-state index is 14.1. The van der Waals surface area contributed by atoms with Crippen LogP contribution >= 0.6 is 0 Å². The molecule has 0 saturated heterocycles. The fourth-order valence-corrected chi connectivity index (χ4v) is 3.46. The van der Waals surface area contributed by atoms with Gasteiger partial charge in [-0.15, -0.1) is 6.58 Å². The van der Waals surface area contributed by atoms with Crippen molar-refractivity contribution in [2.75, 3.05) is 25.6 Å². The quantitative estimate of drug-likeness (QED) is 0.0987. The van der Waals surface area contributed by atoms with Crippen molar-refractivity contribution in [1.82, 2.24) is 19.9 Å². The van der Waals surface area contributed by atoms with Crippen LogP contribution in [-0.4, -0.2) is 40.6 Å². The van der Waals surface area contributed by atoms with E-state index in [0.717, 1.165) is 55.7 Å². The Morgan fingerprint density at radius 1 is 1.18 bits per heavy atom. The van der Waals surface area contributed by atoms with Gasteiger partial charge in [0, 0.05) is 45.4 Å². The number of anilines is 1. The normalized spacial score (nSPS) is 10.5. The highest BCUT2D eigenvalue weighted by molar-refractivity contribution is 6.04. The van der Waals surface area contributed by atoms with E-state index in [0.29, 0.717) is 17.2 Å². The standard InChI is InChI=1S/C21H23FN6.C9H18O.C2H6/c1-5-15-7-6-8-18(26-15)14(2)25-21(20-11-16(23-3)13-28(20)4)27-19-9-10-24-12-17(19)22;1-3-5-6-7-9-10-8-4-2;1-2/h6-13,23H,2,5H2,1,3-4H3,(H,24,25,27);3H,1,4-9H2,2H3;1-2H3. The second kappa shape index (κ2) is 20.2. The molecule has 0 aromatic carbocycles. The van der Waals surface area contributed by atoms with Crippen LogP contribution in [0.3, 0.4) is 0 Å². The van der Waals surface area contributed by atoms with Crippen LogP contribution in [0.2, 0.25) is 0 Å². The average Bonchev–Trinajstić information content (AvgIpc) is 3.37. The summed E-state index contributed by atoms with van der Waals surface area (Å²) in [7, 11) is 3.74. The van der Waals surface area contributed by atoms with Crippen LogP contribution < -0.4 is 10.6 Å². The number of amidine groups is 1. The molecule has 0 atom stereocenters. The minimum absolute atomic E-state index is 0.188. The monoisotopic (exact) mass is 550 g/mol. The van der Waals surface area contributed by atoms with E-state index in [1.54, 1.807) is 0 Å². The molecule has 0 fully saturated rings. The van der Waals surface area contributed by atoms with Crippen molar-refractivity contribution in [3.63, 3.8) is 0 Å². The van der Waals surface area contributed by atoms with Crippen LogP contribution in [0.15, 0.2) is 73.1 Å². The Balaban J connectivity index is 0.000000565. The Hall–Kier alpha value is -3.78. The number of aliphatic imine (C=N–C) groups is 1. The zero-order chi connectivity index (χ0) is 29.8. The molecule has 0 aliphatic heterocycles. The summed E-state index contributed by atoms with van der Waals surface area (Å²) in [5.74, 6) is -0.0376. The summed E-state index contributed by atoms with van der Waals surface area (Å²) in [5.41, 5.74) is 4.14. The van der Waals surface area contributed by atoms with Gasteiger partial charge in [-0.1, -0.05) is 46.4 Å². The molecule has 0 aliphatic rings. The number of halogens is 1. The molecule has 3 aromatic heterocycles. The third-order valence-corrected chi connectivity index (χ3v) is 5.56. The third kappa shape index (κ3) is 11.9. The van der Waals surface area contributed by atoms with Gasteiger partial charge in [0.15, 0.2) is 11.7 Å². The number of ether oxygens (including phenoxy) is 1. The highest BCUT2D eigenvalue weighted by Crippen LogP contribution is 2.20. The summed E-state index contributed by atoms with van der Waals surface area (Å²) in [4.78, 5) is 12.9. The first-order valence-corrected chi connectivity index (χ1v) is 14.1. The fraction of sp³-hybridized carbons (Fsp3) is 0.406. The molecular formula is C32H47FN6O. The Labute approximate surface area is 240 Å². The number of allylic oxidation sites excluding steroid dienone is 1. The van der Waals surface area contributed by atoms with Gasteiger partial charge in [-0.3, -0.25) is 9.97 Å². The van der Waals surface area contributed by atoms with Crippen molar-refractivity contribution in [1.29, 1.82) is 0 Å². The summed E-state index contributed by atoms with van der Waals surface area (Å²) in [6.45, 7) is 17.8. The van der Waals surface area contributed by atoms with Gasteiger partial charge in [-0.05, 0) is 56.4 Å². The van der Waals surface area contributed by atoms with Gasteiger partial charge in [0.1, 0.15) is 5.69 Å². The summed E-state index contributed by atoms with van der Waals surface area (Å²) < 4.78 is 21.3. The number of rotatable bonds is 13. The van der Waals surface area contributed by atoms with Gasteiger partial charge in [0.2, 0.25) is 0 Å². The largest absolute Gasteiger partial charge is 0.387 e. The first-order valence-electron chi connectivity index (χ1n) is 14.1. The number of aromatic nitrogens is 3. The number of nitrogens with one attached hydrogen (secondary N) is 2. The van der Waals surface area contributed by atoms with Crippen molar-refractivity contribution in [3.8, 4) is 0 Å². The number of aryl methyl sites for hydroxylation is 2. The molecule has 40 heavy (non-hydrogen) atoms. The summed E-state index contributed by atoms with van der Waals surface area (Å²) >= 11 is 0. The Morgan fingerprint density at radius 2 is 1.95 bits per heavy atom. The fourth-order valence-electron chi connectivity index (χ4n) is 3.46. The minimum Gasteiger partial charge on any atom is -0.387 e. The first-order chi connectivity index (χ1) is 19.4. The summed E-state index contributed by atoms with van der Waals surface area (Å²) in [5, 5.41) is 6.31. The lowest BCUT2D eigenvalue weighted by Crippen LogP contribution is -2.25. The van der Waals surface area contributed by atoms with E-state index in [4.69, 9.17) is 4.74 Å². The molecule has 0 amide bonds. The Kier molecular flexibility index (Phi) is 17.3. The molecular weight excluding hydrogens is 503 g/mol. The first kappa shape index (κ1) is 34.2. The van der Waals surface area contributed by atoms with Crippen LogP contribution in [0.25, 0.3) is 5.70 Å². The minimum atomic E-state index is -0.499.